The Hall–Kier alpha value is -4.09. The van der Waals surface area contributed by atoms with Crippen molar-refractivity contribution in [2.24, 2.45) is 4.99 Å². The molecule has 2 N–H and O–H groups in total. The number of hydrogen-bond donors (Lipinski definition) is 2. The Morgan fingerprint density at radius 2 is 1.77 bits per heavy atom. The molecule has 2 amide bonds. The topological polar surface area (TPSA) is 117 Å². The second-order valence-corrected chi connectivity index (χ2v) is 11.5. The molecular weight excluding hydrogens is 523 g/mol. The van der Waals surface area contributed by atoms with E-state index in [4.69, 9.17) is 0 Å². The Balaban J connectivity index is 1.31. The van der Waals surface area contributed by atoms with Crippen molar-refractivity contribution < 1.29 is 27.5 Å². The van der Waals surface area contributed by atoms with Gasteiger partial charge in [-0.3, -0.25) is 19.5 Å². The number of amidine groups is 1. The Bertz CT molecular complexity index is 1580. The molecular formula is C28H27FN4O5S. The molecule has 0 unspecified atom stereocenters. The Morgan fingerprint density at radius 1 is 1.05 bits per heavy atom. The van der Waals surface area contributed by atoms with E-state index in [0.717, 1.165) is 16.7 Å². The number of carbonyl (C=O) groups is 2. The smallest absolute Gasteiger partial charge is 0.253 e. The fourth-order valence-electron chi connectivity index (χ4n) is 5.01. The van der Waals surface area contributed by atoms with E-state index < -0.39 is 15.6 Å². The van der Waals surface area contributed by atoms with Crippen LogP contribution < -0.4 is 15.6 Å². The van der Waals surface area contributed by atoms with Gasteiger partial charge in [-0.1, -0.05) is 30.3 Å². The van der Waals surface area contributed by atoms with Crippen molar-refractivity contribution in [1.82, 2.24) is 14.9 Å². The average molecular weight is 551 g/mol. The molecule has 0 radical (unpaired) electrons. The van der Waals surface area contributed by atoms with Crippen LogP contribution in [0.4, 0.5) is 4.53 Å². The summed E-state index contributed by atoms with van der Waals surface area (Å²) in [5.41, 5.74) is 2.61. The summed E-state index contributed by atoms with van der Waals surface area (Å²) in [5, 5.41) is 5.35. The first kappa shape index (κ1) is 26.5. The van der Waals surface area contributed by atoms with Gasteiger partial charge in [-0.25, -0.2) is 8.42 Å². The Morgan fingerprint density at radius 3 is 2.41 bits per heavy atom. The molecule has 0 atom stereocenters. The van der Waals surface area contributed by atoms with Gasteiger partial charge in [0.25, 0.3) is 11.8 Å². The number of sulfonamides is 1. The number of aryl methyl sites for hydroxylation is 1. The first-order chi connectivity index (χ1) is 18.7. The number of benzene rings is 3. The molecule has 1 saturated heterocycles. The number of nitrogens with zero attached hydrogens (tertiary/aromatic N) is 2. The van der Waals surface area contributed by atoms with E-state index in [9.17, 15) is 22.5 Å². The third-order valence-electron chi connectivity index (χ3n) is 7.25. The van der Waals surface area contributed by atoms with Crippen LogP contribution in [0.1, 0.15) is 34.3 Å². The normalized spacial score (nSPS) is 17.0. The highest BCUT2D eigenvalue weighted by Gasteiger charge is 2.47. The molecule has 2 aliphatic rings. The molecule has 5 rings (SSSR count). The van der Waals surface area contributed by atoms with E-state index in [2.05, 4.69) is 20.6 Å². The van der Waals surface area contributed by atoms with Gasteiger partial charge in [0.15, 0.2) is 5.75 Å². The van der Waals surface area contributed by atoms with Crippen molar-refractivity contribution in [1.29, 1.82) is 0 Å². The van der Waals surface area contributed by atoms with E-state index in [0.29, 0.717) is 17.0 Å². The lowest BCUT2D eigenvalue weighted by Crippen LogP contribution is -2.50. The van der Waals surface area contributed by atoms with Crippen LogP contribution in [-0.4, -0.2) is 56.0 Å². The van der Waals surface area contributed by atoms with E-state index in [1.165, 1.54) is 16.4 Å². The van der Waals surface area contributed by atoms with Crippen LogP contribution in [0.2, 0.25) is 0 Å². The number of aliphatic imine (C=N–C) groups is 1. The van der Waals surface area contributed by atoms with E-state index in [-0.39, 0.29) is 48.4 Å². The van der Waals surface area contributed by atoms with Crippen LogP contribution in [0.5, 0.6) is 5.75 Å². The van der Waals surface area contributed by atoms with Crippen LogP contribution in [0.25, 0.3) is 11.1 Å². The highest BCUT2D eigenvalue weighted by atomic mass is 32.2. The summed E-state index contributed by atoms with van der Waals surface area (Å²) in [4.78, 5) is 33.3. The predicted octanol–water partition coefficient (Wildman–Crippen LogP) is 3.38. The number of rotatable bonds is 6. The number of amides is 2. The zero-order valence-electron chi connectivity index (χ0n) is 21.4. The van der Waals surface area contributed by atoms with E-state index in [1.807, 2.05) is 13.0 Å². The van der Waals surface area contributed by atoms with Crippen LogP contribution in [-0.2, 0) is 14.8 Å². The van der Waals surface area contributed by atoms with E-state index >= 15 is 0 Å². The second-order valence-electron chi connectivity index (χ2n) is 9.59. The monoisotopic (exact) mass is 550 g/mol. The van der Waals surface area contributed by atoms with Crippen molar-refractivity contribution in [3.63, 3.8) is 0 Å². The Kier molecular flexibility index (Phi) is 6.96. The molecule has 1 spiro atoms. The number of halogens is 1. The molecule has 0 bridgehead atoms. The van der Waals surface area contributed by atoms with Gasteiger partial charge >= 0.3 is 0 Å². The maximum atomic E-state index is 13.4. The lowest BCUT2D eigenvalue weighted by molar-refractivity contribution is -0.124. The lowest BCUT2D eigenvalue weighted by Gasteiger charge is -2.34. The number of carbonyl (C=O) groups excluding carboxylic acids is 2. The SMILES string of the molecule is CNC(=O)c1ccc(-c2ccc(S(=O)(=O)N3CCC4(CC3)N=C(c3cccc(OF)c3)NC4=O)cc2)c(C)c1. The largest absolute Gasteiger partial charge is 0.355 e. The van der Waals surface area contributed by atoms with Crippen LogP contribution in [0.3, 0.4) is 0 Å². The minimum absolute atomic E-state index is 0.00611. The van der Waals surface area contributed by atoms with Gasteiger partial charge in [-0.15, -0.1) is 0 Å². The molecule has 3 aromatic rings. The standard InChI is InChI=1S/C28H27FN4O5S/c1-18-16-21(26(34)30-2)8-11-24(18)19-6-9-23(10-7-19)39(36,37)33-14-12-28(13-15-33)27(35)31-25(32-28)20-4-3-5-22(17-20)38-29/h3-11,16-17H,12-15H2,1-2H3,(H,30,34)(H,31,32,35). The molecule has 2 aliphatic heterocycles. The molecule has 202 valence electrons. The summed E-state index contributed by atoms with van der Waals surface area (Å²) in [5.74, 6) is -0.173. The predicted molar refractivity (Wildman–Crippen MR) is 144 cm³/mol. The van der Waals surface area contributed by atoms with Crippen molar-refractivity contribution in [3.8, 4) is 16.9 Å². The van der Waals surface area contributed by atoms with Crippen molar-refractivity contribution in [2.75, 3.05) is 20.1 Å². The third kappa shape index (κ3) is 4.90. The summed E-state index contributed by atoms with van der Waals surface area (Å²) >= 11 is 0. The molecule has 39 heavy (non-hydrogen) atoms. The van der Waals surface area contributed by atoms with Crippen LogP contribution in [0, 0.1) is 6.92 Å². The summed E-state index contributed by atoms with van der Waals surface area (Å²) in [6.07, 6.45) is 0.436. The molecule has 0 aliphatic carbocycles. The molecule has 2 heterocycles. The third-order valence-corrected chi connectivity index (χ3v) is 9.16. The second kappa shape index (κ2) is 10.2. The van der Waals surface area contributed by atoms with Crippen LogP contribution >= 0.6 is 0 Å². The number of nitrogens with one attached hydrogen (secondary N) is 2. The van der Waals surface area contributed by atoms with Crippen molar-refractivity contribution in [3.05, 3.63) is 83.4 Å². The van der Waals surface area contributed by atoms with Gasteiger partial charge in [-0.05, 0) is 72.9 Å². The first-order valence-corrected chi connectivity index (χ1v) is 13.8. The number of hydrogen-bond acceptors (Lipinski definition) is 6. The zero-order valence-corrected chi connectivity index (χ0v) is 22.2. The van der Waals surface area contributed by atoms with E-state index in [1.54, 1.807) is 55.6 Å². The Labute approximate surface area is 225 Å². The highest BCUT2D eigenvalue weighted by Crippen LogP contribution is 2.34. The summed E-state index contributed by atoms with van der Waals surface area (Å²) < 4.78 is 40.7. The van der Waals surface area contributed by atoms with Gasteiger partial charge in [0.1, 0.15) is 11.4 Å². The van der Waals surface area contributed by atoms with Gasteiger partial charge < -0.3 is 10.6 Å². The van der Waals surface area contributed by atoms with Crippen molar-refractivity contribution in [2.45, 2.75) is 30.2 Å². The van der Waals surface area contributed by atoms with Crippen molar-refractivity contribution >= 4 is 27.7 Å². The summed E-state index contributed by atoms with van der Waals surface area (Å²) in [6, 6.07) is 18.1. The van der Waals surface area contributed by atoms with Crippen LogP contribution in [0.15, 0.2) is 76.6 Å². The average Bonchev–Trinajstić information content (AvgIpc) is 3.27. The summed E-state index contributed by atoms with van der Waals surface area (Å²) in [6.45, 7) is 2.15. The number of piperidine rings is 1. The highest BCUT2D eigenvalue weighted by molar-refractivity contribution is 7.89. The minimum Gasteiger partial charge on any atom is -0.355 e. The maximum Gasteiger partial charge on any atom is 0.253 e. The van der Waals surface area contributed by atoms with Gasteiger partial charge in [0.05, 0.1) is 4.90 Å². The van der Waals surface area contributed by atoms with Gasteiger partial charge in [0, 0.05) is 35.8 Å². The fraction of sp³-hybridized carbons (Fsp3) is 0.250. The molecule has 3 aromatic carbocycles. The molecule has 9 nitrogen and oxygen atoms in total. The zero-order chi connectivity index (χ0) is 27.8. The maximum absolute atomic E-state index is 13.4. The first-order valence-electron chi connectivity index (χ1n) is 12.4. The van der Waals surface area contributed by atoms with Gasteiger partial charge in [-0.2, -0.15) is 4.31 Å². The lowest BCUT2D eigenvalue weighted by atomic mass is 9.89. The van der Waals surface area contributed by atoms with Gasteiger partial charge in [0.2, 0.25) is 10.0 Å². The fourth-order valence-corrected chi connectivity index (χ4v) is 6.45. The molecule has 0 aromatic heterocycles. The quantitative estimate of drug-likeness (QED) is 0.488. The molecule has 1 fully saturated rings. The minimum atomic E-state index is -3.79. The summed E-state index contributed by atoms with van der Waals surface area (Å²) in [7, 11) is -2.21. The molecule has 0 saturated carbocycles. The molecule has 11 heteroatoms.